The van der Waals surface area contributed by atoms with Crippen LogP contribution in [0.1, 0.15) is 12.0 Å². The van der Waals surface area contributed by atoms with Crippen molar-refractivity contribution in [1.82, 2.24) is 15.2 Å². The number of rotatable bonds is 5. The number of benzene rings is 2. The van der Waals surface area contributed by atoms with Crippen LogP contribution >= 0.6 is 24.0 Å². The predicted octanol–water partition coefficient (Wildman–Crippen LogP) is 3.45. The molecular weight excluding hydrogens is 396 g/mol. The van der Waals surface area contributed by atoms with Gasteiger partial charge in [-0.1, -0.05) is 60.4 Å². The van der Waals surface area contributed by atoms with Gasteiger partial charge in [0.2, 0.25) is 5.91 Å². The summed E-state index contributed by atoms with van der Waals surface area (Å²) in [7, 11) is 0. The lowest BCUT2D eigenvalue weighted by molar-refractivity contribution is -0.122. The second-order valence-electron chi connectivity index (χ2n) is 5.98. The summed E-state index contributed by atoms with van der Waals surface area (Å²) in [6, 6.07) is 14.8. The van der Waals surface area contributed by atoms with Crippen LogP contribution in [0.2, 0.25) is 0 Å². The summed E-state index contributed by atoms with van der Waals surface area (Å²) < 4.78 is 5.13. The molecule has 0 saturated carbocycles. The summed E-state index contributed by atoms with van der Waals surface area (Å²) in [6.07, 6.45) is 1.91. The average Bonchev–Trinajstić information content (AvgIpc) is 3.27. The number of fused-ring (bicyclic) bond motifs is 1. The van der Waals surface area contributed by atoms with Gasteiger partial charge in [-0.05, 0) is 34.1 Å². The zero-order valence-corrected chi connectivity index (χ0v) is 16.1. The Morgan fingerprint density at radius 3 is 2.82 bits per heavy atom. The van der Waals surface area contributed by atoms with Crippen LogP contribution in [0.15, 0.2) is 58.1 Å². The Hall–Kier alpha value is -3.04. The zero-order valence-electron chi connectivity index (χ0n) is 14.5. The van der Waals surface area contributed by atoms with E-state index in [0.717, 1.165) is 5.56 Å². The molecule has 4 rings (SSSR count). The molecule has 28 heavy (non-hydrogen) atoms. The van der Waals surface area contributed by atoms with Crippen molar-refractivity contribution in [3.63, 3.8) is 0 Å². The number of carbonyl (C=O) groups excluding carboxylic acids is 2. The SMILES string of the molecule is O=C(CCN1C(=O)C(=Cc2ccccc2)SC1=S)Nc1cccc2nonc12. The second-order valence-corrected chi connectivity index (χ2v) is 7.66. The minimum absolute atomic E-state index is 0.104. The first-order chi connectivity index (χ1) is 13.6. The molecule has 1 fully saturated rings. The van der Waals surface area contributed by atoms with Gasteiger partial charge >= 0.3 is 0 Å². The Morgan fingerprint density at radius 1 is 1.18 bits per heavy atom. The standard InChI is InChI=1S/C19H14N4O3S2/c24-16(20-13-7-4-8-14-17(13)22-26-21-14)9-10-23-18(25)15(28-19(23)27)11-12-5-2-1-3-6-12/h1-8,11H,9-10H2,(H,20,24). The molecule has 0 atom stereocenters. The van der Waals surface area contributed by atoms with E-state index in [1.165, 1.54) is 16.7 Å². The monoisotopic (exact) mass is 410 g/mol. The highest BCUT2D eigenvalue weighted by Crippen LogP contribution is 2.32. The normalized spacial score (nSPS) is 15.6. The van der Waals surface area contributed by atoms with Gasteiger partial charge in [0.25, 0.3) is 5.91 Å². The van der Waals surface area contributed by atoms with Crippen molar-refractivity contribution in [1.29, 1.82) is 0 Å². The Kier molecular flexibility index (Phi) is 5.18. The molecule has 0 aliphatic carbocycles. The molecule has 1 aliphatic rings. The number of thiocarbonyl (C=S) groups is 1. The molecule has 1 aliphatic heterocycles. The highest BCUT2D eigenvalue weighted by molar-refractivity contribution is 8.26. The van der Waals surface area contributed by atoms with E-state index in [4.69, 9.17) is 12.2 Å². The summed E-state index contributed by atoms with van der Waals surface area (Å²) in [5.74, 6) is -0.439. The van der Waals surface area contributed by atoms with Crippen LogP contribution in [0, 0.1) is 0 Å². The number of aromatic nitrogens is 2. The zero-order chi connectivity index (χ0) is 19.5. The average molecular weight is 410 g/mol. The summed E-state index contributed by atoms with van der Waals surface area (Å²) in [5, 5.41) is 10.3. The molecular formula is C19H14N4O3S2. The fourth-order valence-electron chi connectivity index (χ4n) is 2.73. The number of carbonyl (C=O) groups is 2. The lowest BCUT2D eigenvalue weighted by Crippen LogP contribution is -2.31. The van der Waals surface area contributed by atoms with Gasteiger partial charge in [-0.25, -0.2) is 4.63 Å². The number of nitrogens with one attached hydrogen (secondary N) is 1. The van der Waals surface area contributed by atoms with E-state index in [0.29, 0.717) is 25.9 Å². The van der Waals surface area contributed by atoms with E-state index >= 15 is 0 Å². The van der Waals surface area contributed by atoms with E-state index in [1.807, 2.05) is 30.3 Å². The smallest absolute Gasteiger partial charge is 0.266 e. The van der Waals surface area contributed by atoms with E-state index < -0.39 is 0 Å². The minimum atomic E-state index is -0.253. The molecule has 0 bridgehead atoms. The van der Waals surface area contributed by atoms with E-state index in [9.17, 15) is 9.59 Å². The van der Waals surface area contributed by atoms with Crippen molar-refractivity contribution in [2.45, 2.75) is 6.42 Å². The third kappa shape index (κ3) is 3.80. The fourth-order valence-corrected chi connectivity index (χ4v) is 4.04. The van der Waals surface area contributed by atoms with E-state index in [1.54, 1.807) is 24.3 Å². The molecule has 1 saturated heterocycles. The van der Waals surface area contributed by atoms with Crippen LogP contribution < -0.4 is 5.32 Å². The fraction of sp³-hybridized carbons (Fsp3) is 0.105. The first-order valence-electron chi connectivity index (χ1n) is 8.43. The maximum atomic E-state index is 12.6. The van der Waals surface area contributed by atoms with Crippen LogP contribution in [0.25, 0.3) is 17.1 Å². The second kappa shape index (κ2) is 7.91. The third-order valence-corrected chi connectivity index (χ3v) is 5.47. The topological polar surface area (TPSA) is 88.3 Å². The van der Waals surface area contributed by atoms with Gasteiger partial charge in [-0.15, -0.1) is 0 Å². The van der Waals surface area contributed by atoms with Crippen LogP contribution in [-0.2, 0) is 9.59 Å². The molecule has 7 nitrogen and oxygen atoms in total. The number of amides is 2. The molecule has 9 heteroatoms. The van der Waals surface area contributed by atoms with Crippen molar-refractivity contribution in [2.24, 2.45) is 0 Å². The largest absolute Gasteiger partial charge is 0.324 e. The first-order valence-corrected chi connectivity index (χ1v) is 9.66. The molecule has 0 radical (unpaired) electrons. The van der Waals surface area contributed by atoms with Crippen LogP contribution in [-0.4, -0.2) is 37.9 Å². The molecule has 3 aromatic rings. The van der Waals surface area contributed by atoms with Crippen molar-refractivity contribution in [3.8, 4) is 0 Å². The Bertz CT molecular complexity index is 1090. The molecule has 1 N–H and O–H groups in total. The number of thioether (sulfide) groups is 1. The molecule has 0 spiro atoms. The molecule has 140 valence electrons. The summed E-state index contributed by atoms with van der Waals surface area (Å²) in [6.45, 7) is 0.204. The third-order valence-electron chi connectivity index (χ3n) is 4.09. The van der Waals surface area contributed by atoms with E-state index in [-0.39, 0.29) is 24.8 Å². The Balaban J connectivity index is 1.40. The van der Waals surface area contributed by atoms with Crippen molar-refractivity contribution in [3.05, 3.63) is 59.0 Å². The highest BCUT2D eigenvalue weighted by Gasteiger charge is 2.32. The predicted molar refractivity (Wildman–Crippen MR) is 111 cm³/mol. The summed E-state index contributed by atoms with van der Waals surface area (Å²) >= 11 is 6.55. The van der Waals surface area contributed by atoms with Crippen molar-refractivity contribution >= 4 is 62.9 Å². The summed E-state index contributed by atoms with van der Waals surface area (Å²) in [4.78, 5) is 26.9. The molecule has 2 heterocycles. The van der Waals surface area contributed by atoms with Crippen LogP contribution in [0.4, 0.5) is 5.69 Å². The van der Waals surface area contributed by atoms with Crippen LogP contribution in [0.3, 0.4) is 0 Å². The quantitative estimate of drug-likeness (QED) is 0.509. The molecule has 2 aromatic carbocycles. The first kappa shape index (κ1) is 18.3. The summed E-state index contributed by atoms with van der Waals surface area (Å²) in [5.41, 5.74) is 2.47. The van der Waals surface area contributed by atoms with Crippen molar-refractivity contribution < 1.29 is 14.2 Å². The molecule has 2 amide bonds. The maximum Gasteiger partial charge on any atom is 0.266 e. The van der Waals surface area contributed by atoms with Gasteiger partial charge in [-0.2, -0.15) is 0 Å². The number of anilines is 1. The number of hydrogen-bond acceptors (Lipinski definition) is 7. The lowest BCUT2D eigenvalue weighted by atomic mass is 10.2. The van der Waals surface area contributed by atoms with Gasteiger partial charge in [0.15, 0.2) is 5.52 Å². The molecule has 0 unspecified atom stereocenters. The Morgan fingerprint density at radius 2 is 2.00 bits per heavy atom. The van der Waals surface area contributed by atoms with Crippen LogP contribution in [0.5, 0.6) is 0 Å². The van der Waals surface area contributed by atoms with E-state index in [2.05, 4.69) is 20.3 Å². The van der Waals surface area contributed by atoms with Gasteiger partial charge < -0.3 is 5.32 Å². The lowest BCUT2D eigenvalue weighted by Gasteiger charge is -2.14. The maximum absolute atomic E-state index is 12.6. The molecule has 1 aromatic heterocycles. The Labute approximate surface area is 169 Å². The van der Waals surface area contributed by atoms with Gasteiger partial charge in [0.05, 0.1) is 10.6 Å². The van der Waals surface area contributed by atoms with Gasteiger partial charge in [-0.3, -0.25) is 14.5 Å². The van der Waals surface area contributed by atoms with Crippen molar-refractivity contribution in [2.75, 3.05) is 11.9 Å². The van der Waals surface area contributed by atoms with Gasteiger partial charge in [0, 0.05) is 13.0 Å². The van der Waals surface area contributed by atoms with Gasteiger partial charge in [0.1, 0.15) is 9.84 Å². The minimum Gasteiger partial charge on any atom is -0.324 e. The number of hydrogen-bond donors (Lipinski definition) is 1. The number of nitrogens with zero attached hydrogens (tertiary/aromatic N) is 3. The highest BCUT2D eigenvalue weighted by atomic mass is 32.2.